The van der Waals surface area contributed by atoms with E-state index in [4.69, 9.17) is 0 Å². The summed E-state index contributed by atoms with van der Waals surface area (Å²) in [5, 5.41) is 10.3. The Kier molecular flexibility index (Phi) is 5.02. The van der Waals surface area contributed by atoms with E-state index < -0.39 is 0 Å². The molecule has 10 atom stereocenters. The number of fused-ring (bicyclic) bond motifs is 3. The molecule has 0 aliphatic heterocycles. The zero-order chi connectivity index (χ0) is 20.6. The zero-order valence-corrected chi connectivity index (χ0v) is 20.1. The van der Waals surface area contributed by atoms with Gasteiger partial charge in [0.05, 0.1) is 6.10 Å². The minimum atomic E-state index is -0.00395. The van der Waals surface area contributed by atoms with E-state index in [1.807, 2.05) is 0 Å². The fraction of sp³-hybridized carbons (Fsp3) is 1.00. The fourth-order valence-corrected chi connectivity index (χ4v) is 10.5. The van der Waals surface area contributed by atoms with Crippen molar-refractivity contribution in [3.8, 4) is 0 Å². The lowest BCUT2D eigenvalue weighted by atomic mass is 9.43. The first-order valence-corrected chi connectivity index (χ1v) is 13.4. The van der Waals surface area contributed by atoms with Crippen LogP contribution in [0.1, 0.15) is 112 Å². The van der Waals surface area contributed by atoms with E-state index in [1.54, 1.807) is 6.42 Å². The van der Waals surface area contributed by atoms with Gasteiger partial charge in [-0.15, -0.1) is 0 Å². The topological polar surface area (TPSA) is 20.2 Å². The lowest BCUT2D eigenvalue weighted by Crippen LogP contribution is -2.55. The fourth-order valence-electron chi connectivity index (χ4n) is 10.5. The highest BCUT2D eigenvalue weighted by Gasteiger charge is 2.76. The molecule has 29 heavy (non-hydrogen) atoms. The summed E-state index contributed by atoms with van der Waals surface area (Å²) < 4.78 is 0. The average molecular weight is 401 g/mol. The lowest BCUT2D eigenvalue weighted by Gasteiger charge is -2.61. The summed E-state index contributed by atoms with van der Waals surface area (Å²) >= 11 is 0. The van der Waals surface area contributed by atoms with Gasteiger partial charge in [-0.2, -0.15) is 0 Å². The van der Waals surface area contributed by atoms with Gasteiger partial charge < -0.3 is 5.11 Å². The minimum Gasteiger partial charge on any atom is -0.393 e. The van der Waals surface area contributed by atoms with Gasteiger partial charge in [0.25, 0.3) is 0 Å². The van der Waals surface area contributed by atoms with E-state index in [-0.39, 0.29) is 6.10 Å². The van der Waals surface area contributed by atoms with Crippen molar-refractivity contribution in [3.05, 3.63) is 0 Å². The number of aliphatic hydroxyl groups excluding tert-OH is 1. The SMILES string of the molecule is CC(C)CCC[C@@H](C)[C@H]1CC[C@@H]2[C@]1(C)CC[C@@H]1[C@@]3(C)CC[C@H](O)C[C@@H]3C[C@H]3C[C@]312. The van der Waals surface area contributed by atoms with Crippen molar-refractivity contribution < 1.29 is 5.11 Å². The van der Waals surface area contributed by atoms with E-state index in [0.717, 1.165) is 54.3 Å². The Labute approximate surface area is 180 Å². The first kappa shape index (κ1) is 20.8. The van der Waals surface area contributed by atoms with Crippen molar-refractivity contribution in [3.63, 3.8) is 0 Å². The first-order valence-electron chi connectivity index (χ1n) is 13.4. The molecule has 166 valence electrons. The predicted molar refractivity (Wildman–Crippen MR) is 122 cm³/mol. The molecule has 0 radical (unpaired) electrons. The summed E-state index contributed by atoms with van der Waals surface area (Å²) in [4.78, 5) is 0. The van der Waals surface area contributed by atoms with Crippen LogP contribution in [-0.2, 0) is 0 Å². The van der Waals surface area contributed by atoms with Crippen LogP contribution in [0.3, 0.4) is 0 Å². The van der Waals surface area contributed by atoms with Crippen LogP contribution in [0.5, 0.6) is 0 Å². The van der Waals surface area contributed by atoms with Crippen LogP contribution >= 0.6 is 0 Å². The van der Waals surface area contributed by atoms with Crippen LogP contribution in [-0.4, -0.2) is 11.2 Å². The van der Waals surface area contributed by atoms with Gasteiger partial charge >= 0.3 is 0 Å². The van der Waals surface area contributed by atoms with Gasteiger partial charge in [0, 0.05) is 0 Å². The molecule has 5 fully saturated rings. The van der Waals surface area contributed by atoms with Crippen molar-refractivity contribution in [2.24, 2.45) is 57.7 Å². The summed E-state index contributed by atoms with van der Waals surface area (Å²) in [6.45, 7) is 12.8. The molecule has 5 aliphatic rings. The van der Waals surface area contributed by atoms with Crippen LogP contribution in [0.15, 0.2) is 0 Å². The van der Waals surface area contributed by atoms with Gasteiger partial charge in [-0.05, 0) is 115 Å². The summed E-state index contributed by atoms with van der Waals surface area (Å²) in [6.07, 6.45) is 16.8. The maximum Gasteiger partial charge on any atom is 0.0543 e. The molecule has 0 aromatic rings. The Morgan fingerprint density at radius 1 is 0.828 bits per heavy atom. The highest BCUT2D eigenvalue weighted by molar-refractivity contribution is 5.24. The highest BCUT2D eigenvalue weighted by atomic mass is 16.3. The Morgan fingerprint density at radius 2 is 1.55 bits per heavy atom. The van der Waals surface area contributed by atoms with Gasteiger partial charge in [0.2, 0.25) is 0 Å². The molecule has 5 saturated carbocycles. The highest BCUT2D eigenvalue weighted by Crippen LogP contribution is 2.83. The van der Waals surface area contributed by atoms with Crippen molar-refractivity contribution in [1.82, 2.24) is 0 Å². The molecule has 0 unspecified atom stereocenters. The number of hydrogen-bond acceptors (Lipinski definition) is 1. The van der Waals surface area contributed by atoms with E-state index in [0.29, 0.717) is 16.2 Å². The lowest BCUT2D eigenvalue weighted by molar-refractivity contribution is -0.139. The average Bonchev–Trinajstić information content (AvgIpc) is 3.22. The molecule has 1 spiro atoms. The summed E-state index contributed by atoms with van der Waals surface area (Å²) in [5.41, 5.74) is 1.88. The number of aliphatic hydroxyl groups is 1. The summed E-state index contributed by atoms with van der Waals surface area (Å²) in [7, 11) is 0. The predicted octanol–water partition coefficient (Wildman–Crippen LogP) is 7.47. The van der Waals surface area contributed by atoms with Crippen molar-refractivity contribution >= 4 is 0 Å². The second-order valence-electron chi connectivity index (χ2n) is 13.5. The van der Waals surface area contributed by atoms with Crippen molar-refractivity contribution in [2.45, 2.75) is 118 Å². The van der Waals surface area contributed by atoms with Gasteiger partial charge in [-0.25, -0.2) is 0 Å². The van der Waals surface area contributed by atoms with Gasteiger partial charge in [-0.3, -0.25) is 0 Å². The molecule has 1 heteroatoms. The van der Waals surface area contributed by atoms with Crippen LogP contribution in [0.25, 0.3) is 0 Å². The van der Waals surface area contributed by atoms with Crippen LogP contribution in [0.4, 0.5) is 0 Å². The molecule has 5 aliphatic carbocycles. The molecule has 0 aromatic heterocycles. The molecule has 1 nitrogen and oxygen atoms in total. The molecule has 0 amide bonds. The largest absolute Gasteiger partial charge is 0.393 e. The Bertz CT molecular complexity index is 626. The second kappa shape index (κ2) is 6.98. The molecular formula is C28H48O. The van der Waals surface area contributed by atoms with Crippen LogP contribution in [0, 0.1) is 57.7 Å². The molecule has 0 saturated heterocycles. The molecule has 0 heterocycles. The molecular weight excluding hydrogens is 352 g/mol. The molecule has 0 aromatic carbocycles. The molecule has 1 N–H and O–H groups in total. The smallest absolute Gasteiger partial charge is 0.0543 e. The van der Waals surface area contributed by atoms with Gasteiger partial charge in [0.15, 0.2) is 0 Å². The zero-order valence-electron chi connectivity index (χ0n) is 20.1. The molecule has 0 bridgehead atoms. The number of rotatable bonds is 5. The normalized spacial score (nSPS) is 54.3. The Hall–Kier alpha value is -0.0400. The van der Waals surface area contributed by atoms with Gasteiger partial charge in [0.1, 0.15) is 0 Å². The maximum absolute atomic E-state index is 10.3. The Morgan fingerprint density at radius 3 is 2.31 bits per heavy atom. The maximum atomic E-state index is 10.3. The van der Waals surface area contributed by atoms with E-state index in [2.05, 4.69) is 34.6 Å². The van der Waals surface area contributed by atoms with Crippen LogP contribution in [0.2, 0.25) is 0 Å². The van der Waals surface area contributed by atoms with E-state index in [9.17, 15) is 5.11 Å². The summed E-state index contributed by atoms with van der Waals surface area (Å²) in [6, 6.07) is 0. The van der Waals surface area contributed by atoms with Crippen molar-refractivity contribution in [2.75, 3.05) is 0 Å². The van der Waals surface area contributed by atoms with Gasteiger partial charge in [-0.1, -0.05) is 53.9 Å². The third kappa shape index (κ3) is 2.95. The third-order valence-electron chi connectivity index (χ3n) is 11.9. The monoisotopic (exact) mass is 400 g/mol. The standard InChI is InChI=1S/C28H48O/c1-18(2)7-6-8-19(3)23-9-10-24-27(23,5)14-12-25-26(4)13-11-22(29)16-20(26)15-21-17-28(21,24)25/h18-25,29H,6-17H2,1-5H3/t19-,20+,21+,22+,23-,24-,25-,26+,27-,28-/m1/s1. The first-order chi connectivity index (χ1) is 13.7. The Balaban J connectivity index is 1.35. The van der Waals surface area contributed by atoms with Crippen molar-refractivity contribution in [1.29, 1.82) is 0 Å². The van der Waals surface area contributed by atoms with E-state index in [1.165, 1.54) is 57.8 Å². The summed E-state index contributed by atoms with van der Waals surface area (Å²) in [5.74, 6) is 6.57. The quantitative estimate of drug-likeness (QED) is 0.507. The molecule has 5 rings (SSSR count). The minimum absolute atomic E-state index is 0.00395. The van der Waals surface area contributed by atoms with E-state index >= 15 is 0 Å². The number of hydrogen-bond donors (Lipinski definition) is 1. The second-order valence-corrected chi connectivity index (χ2v) is 13.5. The van der Waals surface area contributed by atoms with Crippen LogP contribution < -0.4 is 0 Å². The third-order valence-corrected chi connectivity index (χ3v) is 11.9.